The van der Waals surface area contributed by atoms with E-state index in [9.17, 15) is 13.7 Å². The Morgan fingerprint density at radius 2 is 1.63 bits per heavy atom. The second-order valence-corrected chi connectivity index (χ2v) is 12.4. The number of hydrogen-bond donors (Lipinski definition) is 0. The predicted octanol–water partition coefficient (Wildman–Crippen LogP) is 7.41. The van der Waals surface area contributed by atoms with Crippen molar-refractivity contribution in [3.63, 3.8) is 0 Å². The van der Waals surface area contributed by atoms with Crippen LogP contribution in [0.1, 0.15) is 11.1 Å². The van der Waals surface area contributed by atoms with Crippen LogP contribution in [0.4, 0.5) is 0 Å². The van der Waals surface area contributed by atoms with Gasteiger partial charge in [0.05, 0.1) is 22.8 Å². The summed E-state index contributed by atoms with van der Waals surface area (Å²) < 4.78 is 26.4. The molecule has 1 aromatic heterocycles. The van der Waals surface area contributed by atoms with Gasteiger partial charge < -0.3 is 0 Å². The maximum Gasteiger partial charge on any atom is 0.155 e. The van der Waals surface area contributed by atoms with Crippen LogP contribution in [-0.2, 0) is 15.6 Å². The van der Waals surface area contributed by atoms with Gasteiger partial charge in [-0.3, -0.25) is 0 Å². The molecule has 4 aromatic rings. The molecule has 0 bridgehead atoms. The third-order valence-electron chi connectivity index (χ3n) is 5.26. The van der Waals surface area contributed by atoms with Crippen LogP contribution in [-0.4, -0.2) is 24.9 Å². The van der Waals surface area contributed by atoms with Gasteiger partial charge in [-0.25, -0.2) is 13.4 Å². The lowest BCUT2D eigenvalue weighted by molar-refractivity contribution is 0.597. The van der Waals surface area contributed by atoms with Gasteiger partial charge in [-0.15, -0.1) is 11.8 Å². The average molecular weight is 584 g/mol. The Labute approximate surface area is 223 Å². The Morgan fingerprint density at radius 1 is 0.943 bits per heavy atom. The molecule has 0 aliphatic heterocycles. The van der Waals surface area contributed by atoms with E-state index in [1.54, 1.807) is 24.3 Å². The molecular weight excluding hydrogens is 564 g/mol. The van der Waals surface area contributed by atoms with Crippen LogP contribution in [0, 0.1) is 11.3 Å². The van der Waals surface area contributed by atoms with E-state index in [1.807, 2.05) is 60.7 Å². The Hall–Kier alpha value is -2.63. The molecule has 0 radical (unpaired) electrons. The lowest BCUT2D eigenvalue weighted by Crippen LogP contribution is -2.11. The zero-order valence-electron chi connectivity index (χ0n) is 18.5. The summed E-state index contributed by atoms with van der Waals surface area (Å²) in [5.74, 6) is 0.198. The molecule has 0 amide bonds. The number of thioether (sulfide) groups is 1. The van der Waals surface area contributed by atoms with Crippen LogP contribution in [0.15, 0.2) is 94.4 Å². The van der Waals surface area contributed by atoms with Crippen LogP contribution < -0.4 is 0 Å². The molecule has 176 valence electrons. The first kappa shape index (κ1) is 25.5. The quantitative estimate of drug-likeness (QED) is 0.202. The fourth-order valence-corrected chi connectivity index (χ4v) is 6.76. The van der Waals surface area contributed by atoms with Gasteiger partial charge in [0.1, 0.15) is 11.1 Å². The van der Waals surface area contributed by atoms with Crippen molar-refractivity contribution in [2.24, 2.45) is 0 Å². The molecule has 0 saturated carbocycles. The number of pyridine rings is 1. The number of nitriles is 1. The van der Waals surface area contributed by atoms with E-state index in [0.717, 1.165) is 26.9 Å². The third kappa shape index (κ3) is 6.74. The molecule has 3 aromatic carbocycles. The lowest BCUT2D eigenvalue weighted by Gasteiger charge is -2.13. The highest BCUT2D eigenvalue weighted by molar-refractivity contribution is 9.10. The molecule has 0 atom stereocenters. The molecule has 0 saturated heterocycles. The van der Waals surface area contributed by atoms with Gasteiger partial charge in [0.25, 0.3) is 0 Å². The summed E-state index contributed by atoms with van der Waals surface area (Å²) in [6.45, 7) is 0. The highest BCUT2D eigenvalue weighted by atomic mass is 79.9. The Bertz CT molecular complexity index is 1470. The number of halogens is 2. The zero-order chi connectivity index (χ0) is 24.8. The summed E-state index contributed by atoms with van der Waals surface area (Å²) in [5.41, 5.74) is 4.44. The molecule has 0 fully saturated rings. The lowest BCUT2D eigenvalue weighted by atomic mass is 9.99. The van der Waals surface area contributed by atoms with Crippen LogP contribution in [0.5, 0.6) is 0 Å². The minimum atomic E-state index is -3.35. The minimum absolute atomic E-state index is 0.0317. The zero-order valence-corrected chi connectivity index (χ0v) is 22.5. The number of aromatic nitrogens is 1. The van der Waals surface area contributed by atoms with Crippen LogP contribution >= 0.6 is 39.3 Å². The largest absolute Gasteiger partial charge is 0.240 e. The molecule has 4 rings (SSSR count). The molecule has 0 aliphatic carbocycles. The summed E-state index contributed by atoms with van der Waals surface area (Å²) in [5, 5.41) is 11.1. The molecule has 0 aliphatic rings. The van der Waals surface area contributed by atoms with E-state index in [0.29, 0.717) is 21.2 Å². The average Bonchev–Trinajstić information content (AvgIpc) is 2.85. The van der Waals surface area contributed by atoms with Crippen molar-refractivity contribution in [1.29, 1.82) is 5.26 Å². The predicted molar refractivity (Wildman–Crippen MR) is 147 cm³/mol. The van der Waals surface area contributed by atoms with Gasteiger partial charge in [-0.05, 0) is 41.5 Å². The Kier molecular flexibility index (Phi) is 8.30. The minimum Gasteiger partial charge on any atom is -0.240 e. The molecule has 0 spiro atoms. The highest BCUT2D eigenvalue weighted by Gasteiger charge is 2.18. The molecule has 8 heteroatoms. The summed E-state index contributed by atoms with van der Waals surface area (Å²) in [6.07, 6.45) is 0. The summed E-state index contributed by atoms with van der Waals surface area (Å²) in [7, 11) is -3.35. The Morgan fingerprint density at radius 3 is 2.29 bits per heavy atom. The van der Waals surface area contributed by atoms with Crippen molar-refractivity contribution in [3.05, 3.63) is 106 Å². The Balaban J connectivity index is 1.63. The fourth-order valence-electron chi connectivity index (χ4n) is 3.52. The number of benzene rings is 3. The first-order valence-corrected chi connectivity index (χ1v) is 14.7. The number of sulfone groups is 1. The van der Waals surface area contributed by atoms with Crippen molar-refractivity contribution >= 4 is 49.1 Å². The van der Waals surface area contributed by atoms with Crippen molar-refractivity contribution in [2.45, 2.75) is 10.8 Å². The van der Waals surface area contributed by atoms with E-state index in [-0.39, 0.29) is 17.3 Å². The SMILES string of the molecule is N#Cc1c(-c2ccccc2)cc(-c2ccc(Br)cc2)nc1SCCS(=O)(=O)Cc1ccc(Cl)cc1. The normalized spacial score (nSPS) is 11.2. The van der Waals surface area contributed by atoms with Gasteiger partial charge in [0.2, 0.25) is 0 Å². The number of nitrogens with zero attached hydrogens (tertiary/aromatic N) is 2. The number of rotatable bonds is 8. The van der Waals surface area contributed by atoms with Crippen molar-refractivity contribution in [3.8, 4) is 28.5 Å². The van der Waals surface area contributed by atoms with E-state index in [1.165, 1.54) is 11.8 Å². The smallest absolute Gasteiger partial charge is 0.155 e. The monoisotopic (exact) mass is 582 g/mol. The summed E-state index contributed by atoms with van der Waals surface area (Å²) >= 11 is 10.6. The van der Waals surface area contributed by atoms with Gasteiger partial charge in [-0.2, -0.15) is 5.26 Å². The van der Waals surface area contributed by atoms with Crippen molar-refractivity contribution in [2.75, 3.05) is 11.5 Å². The first-order chi connectivity index (χ1) is 16.8. The molecule has 35 heavy (non-hydrogen) atoms. The summed E-state index contributed by atoms with van der Waals surface area (Å²) in [4.78, 5) is 4.76. The third-order valence-corrected chi connectivity index (χ3v) is 8.87. The van der Waals surface area contributed by atoms with E-state index < -0.39 is 9.84 Å². The van der Waals surface area contributed by atoms with Crippen LogP contribution in [0.2, 0.25) is 5.02 Å². The molecule has 0 unspecified atom stereocenters. The van der Waals surface area contributed by atoms with E-state index in [4.69, 9.17) is 16.6 Å². The maximum atomic E-state index is 12.7. The topological polar surface area (TPSA) is 70.8 Å². The second kappa shape index (κ2) is 11.4. The van der Waals surface area contributed by atoms with E-state index in [2.05, 4.69) is 22.0 Å². The molecular formula is C27H20BrClN2O2S2. The number of hydrogen-bond acceptors (Lipinski definition) is 5. The molecule has 1 heterocycles. The maximum absolute atomic E-state index is 12.7. The fraction of sp³-hybridized carbons (Fsp3) is 0.111. The highest BCUT2D eigenvalue weighted by Crippen LogP contribution is 2.34. The van der Waals surface area contributed by atoms with Gasteiger partial charge in [0, 0.05) is 26.4 Å². The van der Waals surface area contributed by atoms with Gasteiger partial charge >= 0.3 is 0 Å². The van der Waals surface area contributed by atoms with Crippen LogP contribution in [0.3, 0.4) is 0 Å². The van der Waals surface area contributed by atoms with Crippen molar-refractivity contribution < 1.29 is 8.42 Å². The standard InChI is InChI=1S/C27H20BrClN2O2S2/c28-22-10-8-21(9-11-22)26-16-24(20-4-2-1-3-5-20)25(17-30)27(31-26)34-14-15-35(32,33)18-19-6-12-23(29)13-7-19/h1-13,16H,14-15,18H2. The molecule has 0 N–H and O–H groups in total. The van der Waals surface area contributed by atoms with Crippen molar-refractivity contribution in [1.82, 2.24) is 4.98 Å². The van der Waals surface area contributed by atoms with Gasteiger partial charge in [0.15, 0.2) is 9.84 Å². The first-order valence-electron chi connectivity index (χ1n) is 10.7. The van der Waals surface area contributed by atoms with Crippen LogP contribution in [0.25, 0.3) is 22.4 Å². The summed E-state index contributed by atoms with van der Waals surface area (Å²) in [6, 6.07) is 28.5. The van der Waals surface area contributed by atoms with E-state index >= 15 is 0 Å². The van der Waals surface area contributed by atoms with Gasteiger partial charge in [-0.1, -0.05) is 82.1 Å². The second-order valence-electron chi connectivity index (χ2n) is 7.79. The molecule has 4 nitrogen and oxygen atoms in total.